The predicted octanol–water partition coefficient (Wildman–Crippen LogP) is 5.05. The van der Waals surface area contributed by atoms with Gasteiger partial charge in [-0.2, -0.15) is 13.2 Å². The van der Waals surface area contributed by atoms with Crippen LogP contribution in [-0.2, 0) is 6.18 Å². The molecule has 0 aliphatic rings. The third kappa shape index (κ3) is 5.27. The lowest BCUT2D eigenvalue weighted by atomic mass is 9.99. The molecule has 0 spiro atoms. The molecule has 0 aromatic heterocycles. The SMILES string of the molecule is C=COc1cccc(OCCN(C)C)c1C(=O)c1ccc(Cl)c(C(F)(F)F)c1. The molecule has 0 heterocycles. The highest BCUT2D eigenvalue weighted by Gasteiger charge is 2.34. The standard InChI is InChI=1S/C20H19ClF3NO3/c1-4-27-16-6-5-7-17(28-11-10-25(2)3)18(16)19(26)13-8-9-15(21)14(12-13)20(22,23)24/h4-9,12H,1,10-11H2,2-3H3. The Bertz CT molecular complexity index is 866. The molecule has 0 unspecified atom stereocenters. The second kappa shape index (κ2) is 9.12. The van der Waals surface area contributed by atoms with Gasteiger partial charge >= 0.3 is 6.18 Å². The fraction of sp³-hybridized carbons (Fsp3) is 0.250. The Hall–Kier alpha value is -2.51. The normalized spacial score (nSPS) is 11.4. The first-order valence-corrected chi connectivity index (χ1v) is 8.62. The average Bonchev–Trinajstić information content (AvgIpc) is 2.61. The van der Waals surface area contributed by atoms with E-state index in [-0.39, 0.29) is 29.2 Å². The maximum Gasteiger partial charge on any atom is 0.417 e. The van der Waals surface area contributed by atoms with Crippen molar-refractivity contribution < 1.29 is 27.4 Å². The second-order valence-electron chi connectivity index (χ2n) is 6.09. The van der Waals surface area contributed by atoms with Crippen molar-refractivity contribution in [1.29, 1.82) is 0 Å². The van der Waals surface area contributed by atoms with Crippen molar-refractivity contribution in [2.24, 2.45) is 0 Å². The summed E-state index contributed by atoms with van der Waals surface area (Å²) >= 11 is 5.64. The summed E-state index contributed by atoms with van der Waals surface area (Å²) in [7, 11) is 3.72. The summed E-state index contributed by atoms with van der Waals surface area (Å²) in [5.41, 5.74) is -1.26. The number of hydrogen-bond donors (Lipinski definition) is 0. The van der Waals surface area contributed by atoms with Crippen LogP contribution in [0.15, 0.2) is 49.2 Å². The lowest BCUT2D eigenvalue weighted by Crippen LogP contribution is -2.20. The Labute approximate surface area is 166 Å². The molecule has 2 aromatic rings. The quantitative estimate of drug-likeness (QED) is 0.448. The third-order valence-corrected chi connectivity index (χ3v) is 4.08. The minimum atomic E-state index is -4.68. The Morgan fingerprint density at radius 3 is 2.50 bits per heavy atom. The maximum atomic E-state index is 13.2. The van der Waals surface area contributed by atoms with Crippen molar-refractivity contribution in [2.45, 2.75) is 6.18 Å². The molecule has 28 heavy (non-hydrogen) atoms. The van der Waals surface area contributed by atoms with Crippen LogP contribution in [0.25, 0.3) is 0 Å². The summed E-state index contributed by atoms with van der Waals surface area (Å²) < 4.78 is 50.4. The molecule has 0 atom stereocenters. The molecule has 0 aliphatic heterocycles. The van der Waals surface area contributed by atoms with Crippen LogP contribution in [0.1, 0.15) is 21.5 Å². The number of benzene rings is 2. The van der Waals surface area contributed by atoms with E-state index in [0.29, 0.717) is 6.54 Å². The van der Waals surface area contributed by atoms with E-state index >= 15 is 0 Å². The second-order valence-corrected chi connectivity index (χ2v) is 6.49. The minimum absolute atomic E-state index is 0.0107. The van der Waals surface area contributed by atoms with Crippen LogP contribution in [0, 0.1) is 0 Å². The van der Waals surface area contributed by atoms with Crippen LogP contribution >= 0.6 is 11.6 Å². The maximum absolute atomic E-state index is 13.2. The first-order chi connectivity index (χ1) is 13.1. The molecule has 0 fully saturated rings. The van der Waals surface area contributed by atoms with Crippen LogP contribution < -0.4 is 9.47 Å². The van der Waals surface area contributed by atoms with Crippen molar-refractivity contribution in [1.82, 2.24) is 4.90 Å². The predicted molar refractivity (Wildman–Crippen MR) is 101 cm³/mol. The Morgan fingerprint density at radius 2 is 1.89 bits per heavy atom. The van der Waals surface area contributed by atoms with E-state index in [1.165, 1.54) is 12.1 Å². The number of alkyl halides is 3. The van der Waals surface area contributed by atoms with E-state index in [1.807, 2.05) is 19.0 Å². The van der Waals surface area contributed by atoms with E-state index in [0.717, 1.165) is 18.4 Å². The number of carbonyl (C=O) groups excluding carboxylic acids is 1. The molecule has 2 aromatic carbocycles. The van der Waals surface area contributed by atoms with E-state index < -0.39 is 22.5 Å². The highest BCUT2D eigenvalue weighted by atomic mass is 35.5. The smallest absolute Gasteiger partial charge is 0.417 e. The van der Waals surface area contributed by atoms with Gasteiger partial charge in [0, 0.05) is 12.1 Å². The highest BCUT2D eigenvalue weighted by molar-refractivity contribution is 6.31. The zero-order valence-corrected chi connectivity index (χ0v) is 16.1. The van der Waals surface area contributed by atoms with Gasteiger partial charge in [-0.15, -0.1) is 0 Å². The monoisotopic (exact) mass is 413 g/mol. The first kappa shape index (κ1) is 21.8. The Kier molecular flexibility index (Phi) is 7.10. The van der Waals surface area contributed by atoms with Gasteiger partial charge in [0.2, 0.25) is 5.78 Å². The van der Waals surface area contributed by atoms with Gasteiger partial charge in [0.05, 0.1) is 16.8 Å². The first-order valence-electron chi connectivity index (χ1n) is 8.24. The minimum Gasteiger partial charge on any atom is -0.491 e. The fourth-order valence-corrected chi connectivity index (χ4v) is 2.63. The zero-order chi connectivity index (χ0) is 20.9. The van der Waals surface area contributed by atoms with Crippen LogP contribution in [0.5, 0.6) is 11.5 Å². The number of halogens is 4. The van der Waals surface area contributed by atoms with Crippen molar-refractivity contribution in [2.75, 3.05) is 27.2 Å². The molecule has 8 heteroatoms. The summed E-state index contributed by atoms with van der Waals surface area (Å²) in [6, 6.07) is 7.67. The molecular formula is C20H19ClF3NO3. The number of likely N-dealkylation sites (N-methyl/N-ethyl adjacent to an activating group) is 1. The number of rotatable bonds is 8. The summed E-state index contributed by atoms with van der Waals surface area (Å²) in [4.78, 5) is 14.9. The van der Waals surface area contributed by atoms with Crippen molar-refractivity contribution in [3.8, 4) is 11.5 Å². The number of ketones is 1. The van der Waals surface area contributed by atoms with E-state index in [9.17, 15) is 18.0 Å². The van der Waals surface area contributed by atoms with E-state index in [1.54, 1.807) is 12.1 Å². The van der Waals surface area contributed by atoms with E-state index in [2.05, 4.69) is 6.58 Å². The molecule has 0 bridgehead atoms. The van der Waals surface area contributed by atoms with E-state index in [4.69, 9.17) is 21.1 Å². The third-order valence-electron chi connectivity index (χ3n) is 3.76. The van der Waals surface area contributed by atoms with Crippen LogP contribution in [0.4, 0.5) is 13.2 Å². The van der Waals surface area contributed by atoms with Gasteiger partial charge in [-0.25, -0.2) is 0 Å². The molecule has 150 valence electrons. The molecule has 2 rings (SSSR count). The van der Waals surface area contributed by atoms with Gasteiger partial charge in [0.15, 0.2) is 0 Å². The Balaban J connectivity index is 2.49. The van der Waals surface area contributed by atoms with Crippen LogP contribution in [0.3, 0.4) is 0 Å². The van der Waals surface area contributed by atoms with Crippen molar-refractivity contribution in [3.05, 3.63) is 71.0 Å². The molecule has 0 aliphatic carbocycles. The van der Waals surface area contributed by atoms with Gasteiger partial charge in [-0.1, -0.05) is 24.2 Å². The summed E-state index contributed by atoms with van der Waals surface area (Å²) in [6.45, 7) is 4.31. The molecule has 0 radical (unpaired) electrons. The van der Waals surface area contributed by atoms with Gasteiger partial charge in [-0.3, -0.25) is 4.79 Å². The summed E-state index contributed by atoms with van der Waals surface area (Å²) in [5.74, 6) is -0.347. The average molecular weight is 414 g/mol. The Morgan fingerprint density at radius 1 is 1.21 bits per heavy atom. The fourth-order valence-electron chi connectivity index (χ4n) is 2.41. The largest absolute Gasteiger partial charge is 0.491 e. The molecule has 0 saturated carbocycles. The molecule has 0 amide bonds. The summed E-state index contributed by atoms with van der Waals surface area (Å²) in [6.07, 6.45) is -3.56. The lowest BCUT2D eigenvalue weighted by molar-refractivity contribution is -0.137. The molecular weight excluding hydrogens is 395 g/mol. The van der Waals surface area contributed by atoms with Crippen LogP contribution in [-0.4, -0.2) is 37.9 Å². The number of nitrogens with zero attached hydrogens (tertiary/aromatic N) is 1. The molecule has 0 N–H and O–H groups in total. The topological polar surface area (TPSA) is 38.8 Å². The van der Waals surface area contributed by atoms with Crippen molar-refractivity contribution >= 4 is 17.4 Å². The van der Waals surface area contributed by atoms with Gasteiger partial charge in [-0.05, 0) is 44.4 Å². The summed E-state index contributed by atoms with van der Waals surface area (Å²) in [5, 5.41) is -0.484. The highest BCUT2D eigenvalue weighted by Crippen LogP contribution is 2.37. The molecule has 4 nitrogen and oxygen atoms in total. The molecule has 0 saturated heterocycles. The van der Waals surface area contributed by atoms with Crippen LogP contribution in [0.2, 0.25) is 5.02 Å². The van der Waals surface area contributed by atoms with Gasteiger partial charge in [0.1, 0.15) is 23.7 Å². The number of ether oxygens (including phenoxy) is 2. The van der Waals surface area contributed by atoms with Gasteiger partial charge in [0.25, 0.3) is 0 Å². The van der Waals surface area contributed by atoms with Gasteiger partial charge < -0.3 is 14.4 Å². The lowest BCUT2D eigenvalue weighted by Gasteiger charge is -2.16. The number of carbonyl (C=O) groups is 1. The number of hydrogen-bond acceptors (Lipinski definition) is 4. The van der Waals surface area contributed by atoms with Crippen molar-refractivity contribution in [3.63, 3.8) is 0 Å². The zero-order valence-electron chi connectivity index (χ0n) is 15.3.